The van der Waals surface area contributed by atoms with E-state index in [0.717, 1.165) is 0 Å². The smallest absolute Gasteiger partial charge is 0.351 e. The van der Waals surface area contributed by atoms with Crippen molar-refractivity contribution in [2.75, 3.05) is 20.4 Å². The van der Waals surface area contributed by atoms with E-state index in [0.29, 0.717) is 22.6 Å². The summed E-state index contributed by atoms with van der Waals surface area (Å²) >= 11 is 0. The predicted molar refractivity (Wildman–Crippen MR) is 92.2 cm³/mol. The molecule has 27 heavy (non-hydrogen) atoms. The average Bonchev–Trinajstić information content (AvgIpc) is 3.18. The lowest BCUT2D eigenvalue weighted by Crippen LogP contribution is -2.32. The molecular weight excluding hydrogens is 354 g/mol. The molecule has 1 N–H and O–H groups in total. The molecule has 1 aliphatic heterocycles. The van der Waals surface area contributed by atoms with Crippen molar-refractivity contribution in [2.24, 2.45) is 0 Å². The molecule has 1 aliphatic rings. The van der Waals surface area contributed by atoms with Gasteiger partial charge in [-0.1, -0.05) is 30.3 Å². The van der Waals surface area contributed by atoms with Crippen LogP contribution in [0.2, 0.25) is 0 Å². The van der Waals surface area contributed by atoms with E-state index in [9.17, 15) is 14.4 Å². The first-order valence-corrected chi connectivity index (χ1v) is 8.08. The summed E-state index contributed by atoms with van der Waals surface area (Å²) in [6, 6.07) is 13.1. The molecule has 1 heterocycles. The Balaban J connectivity index is 1.59. The number of carbonyl (C=O) groups is 3. The Labute approximate surface area is 155 Å². The highest BCUT2D eigenvalue weighted by atomic mass is 16.7. The first kappa shape index (κ1) is 18.2. The number of esters is 2. The molecule has 0 fully saturated rings. The molecule has 0 radical (unpaired) electrons. The maximum atomic E-state index is 12.2. The van der Waals surface area contributed by atoms with Gasteiger partial charge in [-0.2, -0.15) is 0 Å². The van der Waals surface area contributed by atoms with Crippen molar-refractivity contribution in [2.45, 2.75) is 6.10 Å². The van der Waals surface area contributed by atoms with E-state index >= 15 is 0 Å². The molecule has 0 bridgehead atoms. The first-order valence-electron chi connectivity index (χ1n) is 8.08. The number of rotatable bonds is 6. The van der Waals surface area contributed by atoms with Gasteiger partial charge in [-0.15, -0.1) is 0 Å². The maximum absolute atomic E-state index is 12.2. The van der Waals surface area contributed by atoms with Gasteiger partial charge in [-0.3, -0.25) is 9.59 Å². The summed E-state index contributed by atoms with van der Waals surface area (Å²) in [6.07, 6.45) is -1.20. The molecule has 0 saturated carbocycles. The second-order valence-electron chi connectivity index (χ2n) is 5.55. The molecule has 1 amide bonds. The monoisotopic (exact) mass is 371 g/mol. The highest BCUT2D eigenvalue weighted by Gasteiger charge is 2.26. The molecule has 0 aromatic heterocycles. The predicted octanol–water partition coefficient (Wildman–Crippen LogP) is 1.60. The number of carbonyl (C=O) groups excluding carboxylic acids is 3. The average molecular weight is 371 g/mol. The fourth-order valence-electron chi connectivity index (χ4n) is 2.45. The zero-order valence-electron chi connectivity index (χ0n) is 14.5. The summed E-state index contributed by atoms with van der Waals surface area (Å²) < 4.78 is 20.2. The van der Waals surface area contributed by atoms with E-state index in [1.165, 1.54) is 13.2 Å². The van der Waals surface area contributed by atoms with Gasteiger partial charge in [0.25, 0.3) is 5.91 Å². The Morgan fingerprint density at radius 3 is 2.56 bits per heavy atom. The maximum Gasteiger partial charge on any atom is 0.351 e. The minimum atomic E-state index is -1.20. The van der Waals surface area contributed by atoms with Crippen LogP contribution in [0.3, 0.4) is 0 Å². The molecule has 2 aromatic rings. The van der Waals surface area contributed by atoms with Crippen molar-refractivity contribution in [3.05, 3.63) is 59.7 Å². The number of amides is 1. The van der Waals surface area contributed by atoms with Gasteiger partial charge in [0.1, 0.15) is 6.54 Å². The fourth-order valence-corrected chi connectivity index (χ4v) is 2.45. The van der Waals surface area contributed by atoms with Crippen molar-refractivity contribution in [1.29, 1.82) is 0 Å². The third-order valence-electron chi connectivity index (χ3n) is 3.79. The molecule has 2 aromatic carbocycles. The molecule has 0 saturated heterocycles. The number of fused-ring (bicyclic) bond motifs is 1. The number of hydrogen-bond acceptors (Lipinski definition) is 7. The van der Waals surface area contributed by atoms with E-state index in [1.807, 2.05) is 0 Å². The molecule has 140 valence electrons. The molecule has 1 unspecified atom stereocenters. The van der Waals surface area contributed by atoms with Crippen LogP contribution < -0.4 is 14.8 Å². The molecule has 3 rings (SSSR count). The van der Waals surface area contributed by atoms with Crippen LogP contribution in [0.5, 0.6) is 11.5 Å². The number of ether oxygens (including phenoxy) is 4. The number of benzene rings is 2. The Kier molecular flexibility index (Phi) is 5.55. The number of hydrogen-bond donors (Lipinski definition) is 1. The van der Waals surface area contributed by atoms with E-state index in [2.05, 4.69) is 10.1 Å². The lowest BCUT2D eigenvalue weighted by molar-refractivity contribution is -0.166. The normalized spacial score (nSPS) is 12.8. The summed E-state index contributed by atoms with van der Waals surface area (Å²) in [6.45, 7) is -0.311. The lowest BCUT2D eigenvalue weighted by Gasteiger charge is -2.16. The summed E-state index contributed by atoms with van der Waals surface area (Å²) in [5.41, 5.74) is 0.777. The highest BCUT2D eigenvalue weighted by Crippen LogP contribution is 2.32. The number of nitrogens with one attached hydrogen (secondary N) is 1. The Morgan fingerprint density at radius 1 is 1.07 bits per heavy atom. The van der Waals surface area contributed by atoms with Gasteiger partial charge in [0, 0.05) is 11.1 Å². The molecule has 1 atom stereocenters. The third kappa shape index (κ3) is 4.35. The largest absolute Gasteiger partial charge is 0.466 e. The quantitative estimate of drug-likeness (QED) is 0.770. The second-order valence-corrected chi connectivity index (χ2v) is 5.55. The van der Waals surface area contributed by atoms with Gasteiger partial charge < -0.3 is 24.3 Å². The van der Waals surface area contributed by atoms with Crippen LogP contribution >= 0.6 is 0 Å². The van der Waals surface area contributed by atoms with Crippen LogP contribution in [0, 0.1) is 0 Å². The Hall–Kier alpha value is -3.55. The van der Waals surface area contributed by atoms with Gasteiger partial charge in [0.2, 0.25) is 12.9 Å². The van der Waals surface area contributed by atoms with Crippen LogP contribution in [0.1, 0.15) is 22.0 Å². The lowest BCUT2D eigenvalue weighted by atomic mass is 10.1. The summed E-state index contributed by atoms with van der Waals surface area (Å²) in [5, 5.41) is 2.44. The van der Waals surface area contributed by atoms with E-state index in [4.69, 9.17) is 14.2 Å². The highest BCUT2D eigenvalue weighted by molar-refractivity contribution is 5.96. The fraction of sp³-hybridized carbons (Fsp3) is 0.211. The van der Waals surface area contributed by atoms with Gasteiger partial charge >= 0.3 is 11.9 Å². The molecule has 0 aliphatic carbocycles. The van der Waals surface area contributed by atoms with Crippen molar-refractivity contribution in [1.82, 2.24) is 5.32 Å². The summed E-state index contributed by atoms with van der Waals surface area (Å²) in [4.78, 5) is 36.2. The summed E-state index contributed by atoms with van der Waals surface area (Å²) in [7, 11) is 1.20. The van der Waals surface area contributed by atoms with Crippen LogP contribution in [0.25, 0.3) is 0 Å². The summed E-state index contributed by atoms with van der Waals surface area (Å²) in [5.74, 6) is -0.964. The minimum absolute atomic E-state index is 0.0983. The van der Waals surface area contributed by atoms with E-state index < -0.39 is 30.5 Å². The van der Waals surface area contributed by atoms with Crippen LogP contribution in [-0.2, 0) is 19.1 Å². The molecule has 8 nitrogen and oxygen atoms in total. The molecular formula is C19H17NO7. The van der Waals surface area contributed by atoms with Crippen LogP contribution in [0.4, 0.5) is 0 Å². The SMILES string of the molecule is COC(=O)C(OC(=O)CNC(=O)c1ccc2c(c1)OCO2)c1ccccc1. The topological polar surface area (TPSA) is 100 Å². The number of methoxy groups -OCH3 is 1. The van der Waals surface area contributed by atoms with Crippen molar-refractivity contribution in [3.8, 4) is 11.5 Å². The standard InChI is InChI=1S/C19H17NO7/c1-24-19(23)17(12-5-3-2-4-6-12)27-16(21)10-20-18(22)13-7-8-14-15(9-13)26-11-25-14/h2-9,17H,10-11H2,1H3,(H,20,22). The van der Waals surface area contributed by atoms with E-state index in [-0.39, 0.29) is 6.79 Å². The van der Waals surface area contributed by atoms with Gasteiger partial charge in [-0.05, 0) is 18.2 Å². The van der Waals surface area contributed by atoms with Gasteiger partial charge in [0.05, 0.1) is 7.11 Å². The van der Waals surface area contributed by atoms with Crippen LogP contribution in [0.15, 0.2) is 48.5 Å². The van der Waals surface area contributed by atoms with Gasteiger partial charge in [0.15, 0.2) is 11.5 Å². The van der Waals surface area contributed by atoms with E-state index in [1.54, 1.807) is 42.5 Å². The van der Waals surface area contributed by atoms with Crippen molar-refractivity contribution in [3.63, 3.8) is 0 Å². The minimum Gasteiger partial charge on any atom is -0.466 e. The zero-order chi connectivity index (χ0) is 19.2. The van der Waals surface area contributed by atoms with Crippen molar-refractivity contribution >= 4 is 17.8 Å². The first-order chi connectivity index (χ1) is 13.1. The Morgan fingerprint density at radius 2 is 1.81 bits per heavy atom. The van der Waals surface area contributed by atoms with Gasteiger partial charge in [-0.25, -0.2) is 4.79 Å². The molecule has 0 spiro atoms. The third-order valence-corrected chi connectivity index (χ3v) is 3.79. The van der Waals surface area contributed by atoms with Crippen LogP contribution in [-0.4, -0.2) is 38.3 Å². The second kappa shape index (κ2) is 8.22. The van der Waals surface area contributed by atoms with Crippen molar-refractivity contribution < 1.29 is 33.3 Å². The zero-order valence-corrected chi connectivity index (χ0v) is 14.5. The Bertz CT molecular complexity index is 850. The molecule has 8 heteroatoms.